The number of hydrogen-bond acceptors (Lipinski definition) is 1. The fraction of sp³-hybridized carbons (Fsp3) is 0.0476. The zero-order valence-corrected chi connectivity index (χ0v) is 14.1. The first-order valence-corrected chi connectivity index (χ1v) is 8.62. The van der Waals surface area contributed by atoms with Crippen LogP contribution in [0.2, 0.25) is 0 Å². The average Bonchev–Trinajstić information content (AvgIpc) is 2.90. The highest BCUT2D eigenvalue weighted by atomic mass is 32.2. The summed E-state index contributed by atoms with van der Waals surface area (Å²) in [5.41, 5.74) is 3.56. The van der Waals surface area contributed by atoms with Gasteiger partial charge < -0.3 is 4.57 Å². The molecule has 118 valence electrons. The van der Waals surface area contributed by atoms with Crippen molar-refractivity contribution in [3.05, 3.63) is 84.7 Å². The fourth-order valence-corrected chi connectivity index (χ4v) is 4.14. The van der Waals surface area contributed by atoms with Crippen molar-refractivity contribution in [2.75, 3.05) is 0 Å². The largest absolute Gasteiger partial charge is 0.343 e. The Morgan fingerprint density at radius 2 is 1.46 bits per heavy atom. The third-order valence-electron chi connectivity index (χ3n) is 4.14. The average molecular weight is 333 g/mol. The first-order valence-electron chi connectivity index (χ1n) is 7.80. The highest BCUT2D eigenvalue weighted by Gasteiger charge is 2.17. The molecule has 0 saturated heterocycles. The number of hydrogen-bond donors (Lipinski definition) is 0. The van der Waals surface area contributed by atoms with Gasteiger partial charge in [0.1, 0.15) is 5.82 Å². The van der Waals surface area contributed by atoms with Crippen LogP contribution in [0.25, 0.3) is 22.2 Å². The van der Waals surface area contributed by atoms with Gasteiger partial charge in [0.05, 0.1) is 5.69 Å². The molecule has 3 aromatic carbocycles. The zero-order chi connectivity index (χ0) is 16.5. The molecule has 0 aliphatic rings. The molecule has 1 nitrogen and oxygen atoms in total. The smallest absolute Gasteiger partial charge is 0.123 e. The molecule has 0 unspecified atom stereocenters. The van der Waals surface area contributed by atoms with Crippen molar-refractivity contribution in [3.8, 4) is 11.3 Å². The molecule has 24 heavy (non-hydrogen) atoms. The first kappa shape index (κ1) is 15.0. The number of aryl methyl sites for hydroxylation is 1. The van der Waals surface area contributed by atoms with E-state index in [2.05, 4.69) is 60.1 Å². The Balaban J connectivity index is 1.93. The lowest BCUT2D eigenvalue weighted by Crippen LogP contribution is -1.91. The molecule has 0 N–H and O–H groups in total. The summed E-state index contributed by atoms with van der Waals surface area (Å²) in [4.78, 5) is 2.23. The molecule has 0 atom stereocenters. The fourth-order valence-electron chi connectivity index (χ4n) is 3.00. The van der Waals surface area contributed by atoms with Gasteiger partial charge in [-0.2, -0.15) is 0 Å². The van der Waals surface area contributed by atoms with Crippen molar-refractivity contribution in [1.82, 2.24) is 4.57 Å². The minimum Gasteiger partial charge on any atom is -0.343 e. The summed E-state index contributed by atoms with van der Waals surface area (Å²) >= 11 is 1.68. The molecule has 4 aromatic rings. The number of para-hydroxylation sites is 1. The van der Waals surface area contributed by atoms with Crippen molar-refractivity contribution in [3.63, 3.8) is 0 Å². The van der Waals surface area contributed by atoms with Crippen LogP contribution in [-0.4, -0.2) is 4.57 Å². The second kappa shape index (κ2) is 6.17. The summed E-state index contributed by atoms with van der Waals surface area (Å²) in [5.74, 6) is -0.208. The topological polar surface area (TPSA) is 4.93 Å². The molecule has 0 saturated carbocycles. The van der Waals surface area contributed by atoms with E-state index < -0.39 is 0 Å². The Kier molecular flexibility index (Phi) is 3.87. The molecule has 0 aliphatic heterocycles. The molecule has 0 spiro atoms. The van der Waals surface area contributed by atoms with Crippen LogP contribution in [0.1, 0.15) is 0 Å². The first-order chi connectivity index (χ1) is 11.7. The Hall–Kier alpha value is -2.52. The van der Waals surface area contributed by atoms with Gasteiger partial charge in [0, 0.05) is 27.7 Å². The number of halogens is 1. The minimum atomic E-state index is -0.208. The predicted molar refractivity (Wildman–Crippen MR) is 98.9 cm³/mol. The van der Waals surface area contributed by atoms with E-state index in [0.717, 1.165) is 4.90 Å². The Bertz CT molecular complexity index is 988. The molecular weight excluding hydrogens is 317 g/mol. The predicted octanol–water partition coefficient (Wildman–Crippen LogP) is 6.14. The lowest BCUT2D eigenvalue weighted by atomic mass is 10.1. The summed E-state index contributed by atoms with van der Waals surface area (Å²) in [6.45, 7) is 0. The Morgan fingerprint density at radius 3 is 2.21 bits per heavy atom. The van der Waals surface area contributed by atoms with Gasteiger partial charge in [0.25, 0.3) is 0 Å². The molecule has 0 aliphatic carbocycles. The number of rotatable bonds is 3. The number of benzene rings is 3. The van der Waals surface area contributed by atoms with Crippen molar-refractivity contribution < 1.29 is 4.39 Å². The van der Waals surface area contributed by atoms with Crippen LogP contribution in [0, 0.1) is 5.82 Å². The van der Waals surface area contributed by atoms with E-state index in [4.69, 9.17) is 0 Å². The van der Waals surface area contributed by atoms with Crippen molar-refractivity contribution in [2.45, 2.75) is 9.79 Å². The van der Waals surface area contributed by atoms with E-state index in [1.54, 1.807) is 11.8 Å². The van der Waals surface area contributed by atoms with Gasteiger partial charge >= 0.3 is 0 Å². The summed E-state index contributed by atoms with van der Waals surface area (Å²) in [6.07, 6.45) is 0. The third-order valence-corrected chi connectivity index (χ3v) is 5.27. The molecule has 0 radical (unpaired) electrons. The highest BCUT2D eigenvalue weighted by molar-refractivity contribution is 7.99. The van der Waals surface area contributed by atoms with E-state index in [9.17, 15) is 4.39 Å². The molecule has 0 fully saturated rings. The van der Waals surface area contributed by atoms with Crippen LogP contribution in [0.3, 0.4) is 0 Å². The Labute approximate surface area is 144 Å². The van der Waals surface area contributed by atoms with Gasteiger partial charge in [-0.3, -0.25) is 0 Å². The van der Waals surface area contributed by atoms with E-state index in [1.165, 1.54) is 39.2 Å². The van der Waals surface area contributed by atoms with Gasteiger partial charge in [-0.25, -0.2) is 4.39 Å². The van der Waals surface area contributed by atoms with Gasteiger partial charge in [-0.1, -0.05) is 60.3 Å². The molecule has 1 heterocycles. The lowest BCUT2D eigenvalue weighted by molar-refractivity contribution is 0.626. The summed E-state index contributed by atoms with van der Waals surface area (Å²) < 4.78 is 15.4. The van der Waals surface area contributed by atoms with Crippen molar-refractivity contribution in [2.24, 2.45) is 7.05 Å². The van der Waals surface area contributed by atoms with Crippen LogP contribution in [0.15, 0.2) is 88.7 Å². The highest BCUT2D eigenvalue weighted by Crippen LogP contribution is 2.42. The number of fused-ring (bicyclic) bond motifs is 1. The standard InChI is InChI=1S/C21H16FNS/c1-23-19-10-6-5-9-18(19)21(20(23)15-7-3-2-4-8-15)24-17-13-11-16(22)12-14-17/h2-14H,1H3. The molecule has 0 bridgehead atoms. The van der Waals surface area contributed by atoms with E-state index in [-0.39, 0.29) is 5.82 Å². The molecule has 4 rings (SSSR count). The molecule has 0 amide bonds. The minimum absolute atomic E-state index is 0.208. The van der Waals surface area contributed by atoms with Crippen LogP contribution in [0.4, 0.5) is 4.39 Å². The number of nitrogens with zero attached hydrogens (tertiary/aromatic N) is 1. The second-order valence-corrected chi connectivity index (χ2v) is 6.76. The summed E-state index contributed by atoms with van der Waals surface area (Å²) in [6, 6.07) is 25.5. The number of aromatic nitrogens is 1. The maximum atomic E-state index is 13.2. The maximum Gasteiger partial charge on any atom is 0.123 e. The van der Waals surface area contributed by atoms with E-state index in [0.29, 0.717) is 0 Å². The molecular formula is C21H16FNS. The van der Waals surface area contributed by atoms with Gasteiger partial charge in [-0.15, -0.1) is 0 Å². The third kappa shape index (κ3) is 2.61. The SMILES string of the molecule is Cn1c(-c2ccccc2)c(Sc2ccc(F)cc2)c2ccccc21. The van der Waals surface area contributed by atoms with E-state index >= 15 is 0 Å². The quantitative estimate of drug-likeness (QED) is 0.436. The summed E-state index contributed by atoms with van der Waals surface area (Å²) in [7, 11) is 2.10. The molecule has 3 heteroatoms. The van der Waals surface area contributed by atoms with Crippen LogP contribution < -0.4 is 0 Å². The van der Waals surface area contributed by atoms with Gasteiger partial charge in [-0.05, 0) is 35.9 Å². The van der Waals surface area contributed by atoms with Crippen LogP contribution in [0.5, 0.6) is 0 Å². The Morgan fingerprint density at radius 1 is 0.792 bits per heavy atom. The van der Waals surface area contributed by atoms with Crippen molar-refractivity contribution in [1.29, 1.82) is 0 Å². The van der Waals surface area contributed by atoms with Crippen molar-refractivity contribution >= 4 is 22.7 Å². The molecule has 1 aromatic heterocycles. The van der Waals surface area contributed by atoms with E-state index in [1.807, 2.05) is 18.2 Å². The van der Waals surface area contributed by atoms with Crippen LogP contribution in [-0.2, 0) is 7.05 Å². The monoisotopic (exact) mass is 333 g/mol. The summed E-state index contributed by atoms with van der Waals surface area (Å²) in [5, 5.41) is 1.22. The van der Waals surface area contributed by atoms with Crippen LogP contribution >= 0.6 is 11.8 Å². The lowest BCUT2D eigenvalue weighted by Gasteiger charge is -2.08. The van der Waals surface area contributed by atoms with Gasteiger partial charge in [0.15, 0.2) is 0 Å². The van der Waals surface area contributed by atoms with Gasteiger partial charge in [0.2, 0.25) is 0 Å². The maximum absolute atomic E-state index is 13.2. The zero-order valence-electron chi connectivity index (χ0n) is 13.2. The normalized spacial score (nSPS) is 11.1. The second-order valence-electron chi connectivity index (χ2n) is 5.68.